The Balaban J connectivity index is 2.49. The van der Waals surface area contributed by atoms with E-state index in [1.165, 1.54) is 38.7 Å². The highest BCUT2D eigenvalue weighted by atomic mass is 79.9. The lowest BCUT2D eigenvalue weighted by atomic mass is 10.1. The van der Waals surface area contributed by atoms with Gasteiger partial charge in [-0.15, -0.1) is 11.3 Å². The fourth-order valence-electron chi connectivity index (χ4n) is 2.62. The van der Waals surface area contributed by atoms with E-state index in [1.54, 1.807) is 6.92 Å². The predicted octanol–water partition coefficient (Wildman–Crippen LogP) is 4.58. The maximum Gasteiger partial charge on any atom is 0.341 e. The minimum absolute atomic E-state index is 0.249. The second kappa shape index (κ2) is 9.29. The Bertz CT molecular complexity index is 909. The number of amides is 1. The van der Waals surface area contributed by atoms with Crippen LogP contribution in [0.3, 0.4) is 0 Å². The molecule has 0 saturated carbocycles. The molecule has 0 atom stereocenters. The van der Waals surface area contributed by atoms with Crippen LogP contribution in [0.2, 0.25) is 0 Å². The van der Waals surface area contributed by atoms with Crippen LogP contribution in [0, 0.1) is 13.8 Å². The van der Waals surface area contributed by atoms with Crippen LogP contribution < -0.4 is 19.5 Å². The number of aryl methyl sites for hydroxylation is 1. The van der Waals surface area contributed by atoms with Crippen molar-refractivity contribution in [1.82, 2.24) is 0 Å². The molecule has 1 aromatic heterocycles. The topological polar surface area (TPSA) is 83.1 Å². The molecule has 2 aromatic rings. The highest BCUT2D eigenvalue weighted by Gasteiger charge is 2.26. The number of ether oxygens (including phenoxy) is 4. The van der Waals surface area contributed by atoms with E-state index < -0.39 is 11.9 Å². The molecule has 0 bridgehead atoms. The summed E-state index contributed by atoms with van der Waals surface area (Å²) in [6, 6.07) is 1.54. The first-order valence-corrected chi connectivity index (χ1v) is 9.98. The lowest BCUT2D eigenvalue weighted by Crippen LogP contribution is -2.16. The summed E-state index contributed by atoms with van der Waals surface area (Å²) in [6.07, 6.45) is 0. The second-order valence-electron chi connectivity index (χ2n) is 5.67. The molecule has 1 aromatic carbocycles. The Morgan fingerprint density at radius 1 is 1.11 bits per heavy atom. The number of rotatable bonds is 7. The van der Waals surface area contributed by atoms with Crippen LogP contribution in [0.15, 0.2) is 10.5 Å². The van der Waals surface area contributed by atoms with Crippen molar-refractivity contribution in [2.24, 2.45) is 0 Å². The molecule has 0 aliphatic rings. The number of hydrogen-bond acceptors (Lipinski definition) is 7. The monoisotopic (exact) mass is 471 g/mol. The minimum Gasteiger partial charge on any atom is -0.493 e. The number of esters is 1. The Hall–Kier alpha value is -2.26. The molecule has 0 aliphatic heterocycles. The van der Waals surface area contributed by atoms with Gasteiger partial charge in [-0.05, 0) is 48.3 Å². The van der Waals surface area contributed by atoms with E-state index >= 15 is 0 Å². The molecular weight excluding hydrogens is 450 g/mol. The smallest absolute Gasteiger partial charge is 0.341 e. The molecule has 0 saturated heterocycles. The zero-order valence-electron chi connectivity index (χ0n) is 16.5. The van der Waals surface area contributed by atoms with Crippen molar-refractivity contribution in [1.29, 1.82) is 0 Å². The highest BCUT2D eigenvalue weighted by Crippen LogP contribution is 2.45. The molecule has 152 valence electrons. The minimum atomic E-state index is -0.469. The van der Waals surface area contributed by atoms with E-state index in [0.29, 0.717) is 32.3 Å². The Kier molecular flexibility index (Phi) is 7.31. The number of hydrogen-bond donors (Lipinski definition) is 1. The number of anilines is 1. The largest absolute Gasteiger partial charge is 0.493 e. The molecule has 1 amide bonds. The lowest BCUT2D eigenvalue weighted by Gasteiger charge is -2.16. The number of methoxy groups -OCH3 is 3. The van der Waals surface area contributed by atoms with Crippen LogP contribution >= 0.6 is 27.3 Å². The van der Waals surface area contributed by atoms with E-state index in [0.717, 1.165) is 10.4 Å². The summed E-state index contributed by atoms with van der Waals surface area (Å²) in [5, 5.41) is 3.24. The van der Waals surface area contributed by atoms with E-state index in [9.17, 15) is 9.59 Å². The third-order valence-electron chi connectivity index (χ3n) is 4.11. The predicted molar refractivity (Wildman–Crippen MR) is 112 cm³/mol. The SMILES string of the molecule is CCOC(=O)c1c(NC(=O)c2cc(OC)c(OC)c(OC)c2Br)sc(C)c1C. The molecule has 9 heteroatoms. The van der Waals surface area contributed by atoms with Gasteiger partial charge < -0.3 is 24.3 Å². The molecule has 0 unspecified atom stereocenters. The van der Waals surface area contributed by atoms with E-state index in [4.69, 9.17) is 18.9 Å². The van der Waals surface area contributed by atoms with Crippen LogP contribution in [-0.2, 0) is 4.74 Å². The van der Waals surface area contributed by atoms with Crippen molar-refractivity contribution in [2.75, 3.05) is 33.3 Å². The number of carbonyl (C=O) groups excluding carboxylic acids is 2. The van der Waals surface area contributed by atoms with Gasteiger partial charge in [0, 0.05) is 4.88 Å². The maximum atomic E-state index is 13.0. The maximum absolute atomic E-state index is 13.0. The molecular formula is C19H22BrNO6S. The number of halogens is 1. The zero-order chi connectivity index (χ0) is 21.0. The summed E-state index contributed by atoms with van der Waals surface area (Å²) >= 11 is 4.71. The van der Waals surface area contributed by atoms with E-state index in [1.807, 2.05) is 13.8 Å². The van der Waals surface area contributed by atoms with Crippen molar-refractivity contribution in [2.45, 2.75) is 20.8 Å². The van der Waals surface area contributed by atoms with Gasteiger partial charge in [-0.25, -0.2) is 4.79 Å². The number of benzene rings is 1. The Labute approximate surface area is 176 Å². The second-order valence-corrected chi connectivity index (χ2v) is 7.69. The third-order valence-corrected chi connectivity index (χ3v) is 6.02. The fourth-order valence-corrected chi connectivity index (χ4v) is 4.30. The van der Waals surface area contributed by atoms with Crippen molar-refractivity contribution < 1.29 is 28.5 Å². The first-order valence-electron chi connectivity index (χ1n) is 8.37. The molecule has 1 heterocycles. The quantitative estimate of drug-likeness (QED) is 0.594. The van der Waals surface area contributed by atoms with Gasteiger partial charge in [0.1, 0.15) is 5.00 Å². The van der Waals surface area contributed by atoms with Crippen LogP contribution in [0.25, 0.3) is 0 Å². The average Bonchev–Trinajstić information content (AvgIpc) is 2.94. The van der Waals surface area contributed by atoms with Gasteiger partial charge >= 0.3 is 5.97 Å². The number of nitrogens with one attached hydrogen (secondary N) is 1. The van der Waals surface area contributed by atoms with Crippen molar-refractivity contribution in [3.8, 4) is 17.2 Å². The first kappa shape index (κ1) is 22.0. The van der Waals surface area contributed by atoms with E-state index in [-0.39, 0.29) is 12.2 Å². The molecule has 0 spiro atoms. The molecule has 2 rings (SSSR count). The lowest BCUT2D eigenvalue weighted by molar-refractivity contribution is 0.0527. The van der Waals surface area contributed by atoms with Gasteiger partial charge in [-0.3, -0.25) is 4.79 Å². The Morgan fingerprint density at radius 2 is 1.75 bits per heavy atom. The molecule has 0 aliphatic carbocycles. The molecule has 7 nitrogen and oxygen atoms in total. The summed E-state index contributed by atoms with van der Waals surface area (Å²) < 4.78 is 21.5. The first-order chi connectivity index (χ1) is 13.3. The fraction of sp³-hybridized carbons (Fsp3) is 0.368. The van der Waals surface area contributed by atoms with Gasteiger partial charge in [-0.2, -0.15) is 0 Å². The number of thiophene rings is 1. The van der Waals surface area contributed by atoms with Gasteiger partial charge in [0.15, 0.2) is 11.5 Å². The Morgan fingerprint density at radius 3 is 2.29 bits per heavy atom. The van der Waals surface area contributed by atoms with Crippen molar-refractivity contribution in [3.63, 3.8) is 0 Å². The molecule has 0 fully saturated rings. The highest BCUT2D eigenvalue weighted by molar-refractivity contribution is 9.10. The van der Waals surface area contributed by atoms with Gasteiger partial charge in [0.05, 0.1) is 43.5 Å². The third kappa shape index (κ3) is 4.10. The van der Waals surface area contributed by atoms with Gasteiger partial charge in [0.25, 0.3) is 5.91 Å². The van der Waals surface area contributed by atoms with Crippen LogP contribution in [-0.4, -0.2) is 39.8 Å². The van der Waals surface area contributed by atoms with Crippen molar-refractivity contribution in [3.05, 3.63) is 32.1 Å². The van der Waals surface area contributed by atoms with E-state index in [2.05, 4.69) is 21.2 Å². The summed E-state index contributed by atoms with van der Waals surface area (Å²) in [4.78, 5) is 26.2. The van der Waals surface area contributed by atoms with Crippen LogP contribution in [0.1, 0.15) is 38.1 Å². The van der Waals surface area contributed by atoms with Gasteiger partial charge in [-0.1, -0.05) is 0 Å². The summed E-state index contributed by atoms with van der Waals surface area (Å²) in [5.74, 6) is 0.137. The average molecular weight is 472 g/mol. The summed E-state index contributed by atoms with van der Waals surface area (Å²) in [7, 11) is 4.42. The van der Waals surface area contributed by atoms with Crippen LogP contribution in [0.4, 0.5) is 5.00 Å². The molecule has 0 radical (unpaired) electrons. The van der Waals surface area contributed by atoms with Gasteiger partial charge in [0.2, 0.25) is 5.75 Å². The summed E-state index contributed by atoms with van der Waals surface area (Å²) in [5.41, 5.74) is 1.41. The summed E-state index contributed by atoms with van der Waals surface area (Å²) in [6.45, 7) is 5.69. The number of carbonyl (C=O) groups is 2. The normalized spacial score (nSPS) is 10.4. The van der Waals surface area contributed by atoms with Crippen LogP contribution in [0.5, 0.6) is 17.2 Å². The molecule has 28 heavy (non-hydrogen) atoms. The van der Waals surface area contributed by atoms with Crippen molar-refractivity contribution >= 4 is 44.1 Å². The standard InChI is InChI=1S/C19H22BrNO6S/c1-7-27-19(23)13-9(2)10(3)28-18(13)21-17(22)11-8-12(24-4)15(25-5)16(26-6)14(11)20/h8H,7H2,1-6H3,(H,21,22). The zero-order valence-corrected chi connectivity index (χ0v) is 18.9. The molecule has 1 N–H and O–H groups in total.